The first-order valence-electron chi connectivity index (χ1n) is 4.27. The number of hydrogen-bond donors (Lipinski definition) is 1. The predicted molar refractivity (Wildman–Crippen MR) is 47.0 cm³/mol. The maximum atomic E-state index is 11.7. The summed E-state index contributed by atoms with van der Waals surface area (Å²) in [6, 6.07) is 0. The van der Waals surface area contributed by atoms with Crippen LogP contribution in [0.3, 0.4) is 0 Å². The van der Waals surface area contributed by atoms with Crippen LogP contribution in [0.2, 0.25) is 0 Å². The number of halogens is 3. The van der Waals surface area contributed by atoms with Crippen LogP contribution in [0.5, 0.6) is 0 Å². The summed E-state index contributed by atoms with van der Waals surface area (Å²) in [5.41, 5.74) is 0.745. The molecule has 1 rings (SSSR count). The predicted octanol–water partition coefficient (Wildman–Crippen LogP) is 2.17. The minimum absolute atomic E-state index is 0.0817. The lowest BCUT2D eigenvalue weighted by Gasteiger charge is -2.06. The monoisotopic (exact) mass is 207 g/mol. The molecule has 0 saturated heterocycles. The molecule has 1 aromatic rings. The molecule has 0 spiro atoms. The highest BCUT2D eigenvalue weighted by Crippen LogP contribution is 2.21. The first-order valence-corrected chi connectivity index (χ1v) is 4.27. The summed E-state index contributed by atoms with van der Waals surface area (Å²) < 4.78 is 36.8. The molecule has 0 amide bonds. The van der Waals surface area contributed by atoms with Gasteiger partial charge in [0.25, 0.3) is 0 Å². The van der Waals surface area contributed by atoms with Gasteiger partial charge in [-0.1, -0.05) is 0 Å². The van der Waals surface area contributed by atoms with Crippen LogP contribution >= 0.6 is 0 Å². The van der Waals surface area contributed by atoms with Gasteiger partial charge in [0, 0.05) is 26.2 Å². The molecule has 6 heteroatoms. The van der Waals surface area contributed by atoms with Crippen molar-refractivity contribution < 1.29 is 13.2 Å². The van der Waals surface area contributed by atoms with Gasteiger partial charge in [-0.05, 0) is 6.42 Å². The number of nitrogens with one attached hydrogen (secondary N) is 1. The zero-order chi connectivity index (χ0) is 10.6. The number of alkyl halides is 3. The van der Waals surface area contributed by atoms with Crippen molar-refractivity contribution in [1.29, 1.82) is 0 Å². The summed E-state index contributed by atoms with van der Waals surface area (Å²) in [6.07, 6.45) is -1.43. The summed E-state index contributed by atoms with van der Waals surface area (Å²) in [5.74, 6) is 0. The van der Waals surface area contributed by atoms with E-state index in [0.29, 0.717) is 6.54 Å². The molecule has 0 radical (unpaired) electrons. The summed E-state index contributed by atoms with van der Waals surface area (Å²) in [7, 11) is 1.75. The Balaban J connectivity index is 2.16. The Kier molecular flexibility index (Phi) is 3.38. The Morgan fingerprint density at radius 3 is 2.71 bits per heavy atom. The summed E-state index contributed by atoms with van der Waals surface area (Å²) in [4.78, 5) is 0. The van der Waals surface area contributed by atoms with Crippen LogP contribution in [0.25, 0.3) is 0 Å². The summed E-state index contributed by atoms with van der Waals surface area (Å²) >= 11 is 0. The maximum absolute atomic E-state index is 11.7. The van der Waals surface area contributed by atoms with Crippen molar-refractivity contribution in [3.05, 3.63) is 12.4 Å². The molecular formula is C8H12F3N3. The molecule has 0 atom stereocenters. The van der Waals surface area contributed by atoms with Crippen molar-refractivity contribution in [2.75, 3.05) is 11.9 Å². The molecule has 0 saturated carbocycles. The number of aryl methyl sites for hydroxylation is 1. The van der Waals surface area contributed by atoms with Crippen LogP contribution in [0, 0.1) is 0 Å². The molecule has 0 aliphatic carbocycles. The smallest absolute Gasteiger partial charge is 0.383 e. The second-order valence-electron chi connectivity index (χ2n) is 3.05. The molecule has 80 valence electrons. The third-order valence-electron chi connectivity index (χ3n) is 1.67. The molecule has 1 aromatic heterocycles. The van der Waals surface area contributed by atoms with Gasteiger partial charge in [-0.25, -0.2) is 0 Å². The van der Waals surface area contributed by atoms with Gasteiger partial charge < -0.3 is 5.32 Å². The van der Waals surface area contributed by atoms with Crippen LogP contribution < -0.4 is 5.32 Å². The quantitative estimate of drug-likeness (QED) is 0.767. The lowest BCUT2D eigenvalue weighted by molar-refractivity contribution is -0.134. The van der Waals surface area contributed by atoms with E-state index < -0.39 is 12.6 Å². The van der Waals surface area contributed by atoms with Gasteiger partial charge in [0.15, 0.2) is 0 Å². The fourth-order valence-electron chi connectivity index (χ4n) is 1.03. The number of anilines is 1. The van der Waals surface area contributed by atoms with E-state index in [9.17, 15) is 13.2 Å². The highest BCUT2D eigenvalue weighted by Gasteiger charge is 2.25. The van der Waals surface area contributed by atoms with Gasteiger partial charge in [-0.15, -0.1) is 0 Å². The largest absolute Gasteiger partial charge is 0.389 e. The molecule has 1 heterocycles. The van der Waals surface area contributed by atoms with Gasteiger partial charge in [0.1, 0.15) is 0 Å². The fraction of sp³-hybridized carbons (Fsp3) is 0.625. The van der Waals surface area contributed by atoms with Gasteiger partial charge in [0.2, 0.25) is 0 Å². The van der Waals surface area contributed by atoms with Gasteiger partial charge in [-0.2, -0.15) is 18.3 Å². The molecule has 0 aliphatic heterocycles. The van der Waals surface area contributed by atoms with E-state index in [2.05, 4.69) is 10.4 Å². The minimum Gasteiger partial charge on any atom is -0.383 e. The summed E-state index contributed by atoms with van der Waals surface area (Å²) in [5, 5.41) is 6.73. The van der Waals surface area contributed by atoms with Crippen molar-refractivity contribution in [2.24, 2.45) is 7.05 Å². The first kappa shape index (κ1) is 10.9. The van der Waals surface area contributed by atoms with E-state index in [0.717, 1.165) is 5.69 Å². The number of hydrogen-bond acceptors (Lipinski definition) is 2. The van der Waals surface area contributed by atoms with Crippen molar-refractivity contribution in [1.82, 2.24) is 9.78 Å². The van der Waals surface area contributed by atoms with Crippen LogP contribution in [-0.4, -0.2) is 22.5 Å². The van der Waals surface area contributed by atoms with Crippen LogP contribution in [0.1, 0.15) is 12.8 Å². The van der Waals surface area contributed by atoms with Crippen LogP contribution in [0.4, 0.5) is 18.9 Å². The second kappa shape index (κ2) is 4.34. The molecule has 0 aromatic carbocycles. The Morgan fingerprint density at radius 1 is 1.50 bits per heavy atom. The highest BCUT2D eigenvalue weighted by atomic mass is 19.4. The normalized spacial score (nSPS) is 11.7. The Morgan fingerprint density at radius 2 is 2.21 bits per heavy atom. The molecule has 0 aliphatic rings. The van der Waals surface area contributed by atoms with Crippen molar-refractivity contribution >= 4 is 5.69 Å². The Bertz CT molecular complexity index is 280. The molecule has 0 unspecified atom stereocenters. The van der Waals surface area contributed by atoms with E-state index in [1.165, 1.54) is 0 Å². The lowest BCUT2D eigenvalue weighted by atomic mass is 10.3. The molecule has 3 nitrogen and oxygen atoms in total. The first-order chi connectivity index (χ1) is 6.47. The lowest BCUT2D eigenvalue weighted by Crippen LogP contribution is -2.10. The van der Waals surface area contributed by atoms with Crippen molar-refractivity contribution in [2.45, 2.75) is 19.0 Å². The molecular weight excluding hydrogens is 195 g/mol. The second-order valence-corrected chi connectivity index (χ2v) is 3.05. The Labute approximate surface area is 79.9 Å². The minimum atomic E-state index is -4.06. The van der Waals surface area contributed by atoms with Crippen LogP contribution in [0.15, 0.2) is 12.4 Å². The zero-order valence-corrected chi connectivity index (χ0v) is 7.80. The third-order valence-corrected chi connectivity index (χ3v) is 1.67. The standard InChI is InChI=1S/C8H12F3N3/c1-14-6-7(5-13-14)12-4-2-3-8(9,10)11/h5-6,12H,2-4H2,1H3. The van der Waals surface area contributed by atoms with E-state index in [1.54, 1.807) is 24.1 Å². The van der Waals surface area contributed by atoms with Gasteiger partial charge in [-0.3, -0.25) is 4.68 Å². The van der Waals surface area contributed by atoms with Gasteiger partial charge in [0.05, 0.1) is 11.9 Å². The average molecular weight is 207 g/mol. The molecule has 0 fully saturated rings. The number of nitrogens with zero attached hydrogens (tertiary/aromatic N) is 2. The SMILES string of the molecule is Cn1cc(NCCCC(F)(F)F)cn1. The van der Waals surface area contributed by atoms with E-state index in [1.807, 2.05) is 0 Å². The molecule has 14 heavy (non-hydrogen) atoms. The van der Waals surface area contributed by atoms with Crippen molar-refractivity contribution in [3.63, 3.8) is 0 Å². The highest BCUT2D eigenvalue weighted by molar-refractivity contribution is 5.37. The van der Waals surface area contributed by atoms with Gasteiger partial charge >= 0.3 is 6.18 Å². The third kappa shape index (κ3) is 4.15. The van der Waals surface area contributed by atoms with E-state index in [-0.39, 0.29) is 6.42 Å². The zero-order valence-electron chi connectivity index (χ0n) is 7.80. The summed E-state index contributed by atoms with van der Waals surface area (Å²) in [6.45, 7) is 0.311. The molecule has 0 bridgehead atoms. The number of rotatable bonds is 4. The number of aromatic nitrogens is 2. The van der Waals surface area contributed by atoms with Crippen molar-refractivity contribution in [3.8, 4) is 0 Å². The topological polar surface area (TPSA) is 29.9 Å². The van der Waals surface area contributed by atoms with Crippen LogP contribution in [-0.2, 0) is 7.05 Å². The Hall–Kier alpha value is -1.20. The van der Waals surface area contributed by atoms with E-state index >= 15 is 0 Å². The fourth-order valence-corrected chi connectivity index (χ4v) is 1.03. The maximum Gasteiger partial charge on any atom is 0.389 e. The van der Waals surface area contributed by atoms with E-state index in [4.69, 9.17) is 0 Å². The molecule has 1 N–H and O–H groups in total. The average Bonchev–Trinajstić information content (AvgIpc) is 2.44.